The minimum absolute atomic E-state index is 0.0746. The average molecular weight is 302 g/mol. The molecule has 1 aliphatic heterocycles. The first-order valence-corrected chi connectivity index (χ1v) is 8.87. The van der Waals surface area contributed by atoms with Crippen molar-refractivity contribution < 1.29 is 0 Å². The molecule has 1 saturated carbocycles. The van der Waals surface area contributed by atoms with Crippen LogP contribution in [0, 0.1) is 0 Å². The highest BCUT2D eigenvalue weighted by Crippen LogP contribution is 2.25. The van der Waals surface area contributed by atoms with Crippen LogP contribution in [-0.2, 0) is 5.41 Å². The van der Waals surface area contributed by atoms with E-state index in [1.807, 2.05) is 0 Å². The molecule has 0 spiro atoms. The number of hydrogen-bond acceptors (Lipinski definition) is 4. The van der Waals surface area contributed by atoms with E-state index in [4.69, 9.17) is 0 Å². The lowest BCUT2D eigenvalue weighted by molar-refractivity contribution is 0.147. The summed E-state index contributed by atoms with van der Waals surface area (Å²) >= 11 is 0. The third-order valence-electron chi connectivity index (χ3n) is 5.15. The van der Waals surface area contributed by atoms with Crippen LogP contribution in [0.1, 0.15) is 58.6 Å². The Hall–Kier alpha value is -1.16. The zero-order valence-electron chi connectivity index (χ0n) is 14.4. The Morgan fingerprint density at radius 1 is 0.909 bits per heavy atom. The number of hydrogen-bond donors (Lipinski definition) is 0. The smallest absolute Gasteiger partial charge is 0.151 e. The molecule has 2 heterocycles. The molecule has 2 fully saturated rings. The van der Waals surface area contributed by atoms with Gasteiger partial charge in [0.15, 0.2) is 5.82 Å². The Labute approximate surface area is 134 Å². The van der Waals surface area contributed by atoms with Crippen molar-refractivity contribution in [1.29, 1.82) is 0 Å². The van der Waals surface area contributed by atoms with E-state index in [0.717, 1.165) is 30.6 Å². The molecule has 22 heavy (non-hydrogen) atoms. The Morgan fingerprint density at radius 3 is 2.14 bits per heavy atom. The van der Waals surface area contributed by atoms with E-state index in [1.54, 1.807) is 0 Å². The molecule has 0 N–H and O–H groups in total. The predicted octanol–water partition coefficient (Wildman–Crippen LogP) is 3.23. The van der Waals surface area contributed by atoms with Gasteiger partial charge < -0.3 is 4.90 Å². The van der Waals surface area contributed by atoms with Crippen molar-refractivity contribution in [1.82, 2.24) is 15.1 Å². The van der Waals surface area contributed by atoms with Crippen molar-refractivity contribution in [3.8, 4) is 0 Å². The van der Waals surface area contributed by atoms with Crippen LogP contribution >= 0.6 is 0 Å². The molecule has 0 amide bonds. The maximum Gasteiger partial charge on any atom is 0.151 e. The van der Waals surface area contributed by atoms with Crippen LogP contribution in [-0.4, -0.2) is 47.3 Å². The lowest BCUT2D eigenvalue weighted by Gasteiger charge is -2.41. The van der Waals surface area contributed by atoms with Crippen LogP contribution in [0.15, 0.2) is 12.1 Å². The molecule has 1 saturated heterocycles. The Kier molecular flexibility index (Phi) is 4.67. The molecule has 4 heteroatoms. The van der Waals surface area contributed by atoms with Crippen molar-refractivity contribution in [2.45, 2.75) is 64.3 Å². The summed E-state index contributed by atoms with van der Waals surface area (Å²) in [5, 5.41) is 8.89. The van der Waals surface area contributed by atoms with Gasteiger partial charge in [-0.3, -0.25) is 4.90 Å². The van der Waals surface area contributed by atoms with Gasteiger partial charge in [0.2, 0.25) is 0 Å². The van der Waals surface area contributed by atoms with Gasteiger partial charge in [-0.1, -0.05) is 40.0 Å². The standard InChI is InChI=1S/C18H30N4/c1-18(2,3)16-9-10-17(20-19-16)22-13-11-21(12-14-22)15-7-5-4-6-8-15/h9-10,15H,4-8,11-14H2,1-3H3. The van der Waals surface area contributed by atoms with E-state index >= 15 is 0 Å². The number of aromatic nitrogens is 2. The first-order valence-electron chi connectivity index (χ1n) is 8.87. The van der Waals surface area contributed by atoms with Crippen LogP contribution < -0.4 is 4.90 Å². The van der Waals surface area contributed by atoms with Crippen molar-refractivity contribution in [2.24, 2.45) is 0 Å². The van der Waals surface area contributed by atoms with Gasteiger partial charge in [-0.2, -0.15) is 5.10 Å². The molecule has 1 aromatic heterocycles. The van der Waals surface area contributed by atoms with Crippen molar-refractivity contribution in [3.05, 3.63) is 17.8 Å². The van der Waals surface area contributed by atoms with E-state index in [2.05, 4.69) is 52.9 Å². The molecule has 1 aliphatic carbocycles. The minimum Gasteiger partial charge on any atom is -0.353 e. The van der Waals surface area contributed by atoms with E-state index in [-0.39, 0.29) is 5.41 Å². The summed E-state index contributed by atoms with van der Waals surface area (Å²) in [4.78, 5) is 5.09. The quantitative estimate of drug-likeness (QED) is 0.839. The lowest BCUT2D eigenvalue weighted by atomic mass is 9.92. The number of nitrogens with zero attached hydrogens (tertiary/aromatic N) is 4. The first-order chi connectivity index (χ1) is 10.5. The summed E-state index contributed by atoms with van der Waals surface area (Å²) in [7, 11) is 0. The van der Waals surface area contributed by atoms with Crippen LogP contribution in [0.4, 0.5) is 5.82 Å². The molecule has 0 bridgehead atoms. The van der Waals surface area contributed by atoms with E-state index in [1.165, 1.54) is 45.2 Å². The second-order valence-electron chi connectivity index (χ2n) is 7.84. The zero-order chi connectivity index (χ0) is 15.6. The number of anilines is 1. The van der Waals surface area contributed by atoms with Crippen LogP contribution in [0.3, 0.4) is 0 Å². The lowest BCUT2D eigenvalue weighted by Crippen LogP contribution is -2.51. The maximum absolute atomic E-state index is 4.46. The zero-order valence-corrected chi connectivity index (χ0v) is 14.4. The number of piperazine rings is 1. The van der Waals surface area contributed by atoms with Gasteiger partial charge in [-0.25, -0.2) is 0 Å². The summed E-state index contributed by atoms with van der Waals surface area (Å²) in [5.41, 5.74) is 1.14. The second-order valence-corrected chi connectivity index (χ2v) is 7.84. The largest absolute Gasteiger partial charge is 0.353 e. The molecule has 0 atom stereocenters. The summed E-state index contributed by atoms with van der Waals surface area (Å²) in [6.07, 6.45) is 7.08. The molecule has 0 aromatic carbocycles. The van der Waals surface area contributed by atoms with Crippen LogP contribution in [0.2, 0.25) is 0 Å². The molecular formula is C18H30N4. The molecular weight excluding hydrogens is 272 g/mol. The van der Waals surface area contributed by atoms with E-state index in [9.17, 15) is 0 Å². The molecule has 4 nitrogen and oxygen atoms in total. The highest BCUT2D eigenvalue weighted by Gasteiger charge is 2.26. The van der Waals surface area contributed by atoms with Crippen LogP contribution in [0.25, 0.3) is 0 Å². The third kappa shape index (κ3) is 3.60. The molecule has 122 valence electrons. The number of rotatable bonds is 2. The van der Waals surface area contributed by atoms with E-state index in [0.29, 0.717) is 0 Å². The van der Waals surface area contributed by atoms with Gasteiger partial charge in [0, 0.05) is 37.6 Å². The fourth-order valence-corrected chi connectivity index (χ4v) is 3.66. The second kappa shape index (κ2) is 6.53. The van der Waals surface area contributed by atoms with Gasteiger partial charge in [0.1, 0.15) is 0 Å². The average Bonchev–Trinajstić information content (AvgIpc) is 2.55. The minimum atomic E-state index is 0.0746. The summed E-state index contributed by atoms with van der Waals surface area (Å²) in [5.74, 6) is 1.04. The van der Waals surface area contributed by atoms with E-state index < -0.39 is 0 Å². The van der Waals surface area contributed by atoms with Gasteiger partial charge >= 0.3 is 0 Å². The fourth-order valence-electron chi connectivity index (χ4n) is 3.66. The van der Waals surface area contributed by atoms with Gasteiger partial charge in [-0.05, 0) is 25.0 Å². The first kappa shape index (κ1) is 15.7. The summed E-state index contributed by atoms with van der Waals surface area (Å²) in [6.45, 7) is 11.1. The van der Waals surface area contributed by atoms with Gasteiger partial charge in [0.25, 0.3) is 0 Å². The van der Waals surface area contributed by atoms with Crippen molar-refractivity contribution >= 4 is 5.82 Å². The third-order valence-corrected chi connectivity index (χ3v) is 5.15. The van der Waals surface area contributed by atoms with Crippen molar-refractivity contribution in [3.63, 3.8) is 0 Å². The molecule has 0 radical (unpaired) electrons. The SMILES string of the molecule is CC(C)(C)c1ccc(N2CCN(C3CCCCC3)CC2)nn1. The highest BCUT2D eigenvalue weighted by atomic mass is 15.3. The molecule has 1 aromatic rings. The molecule has 2 aliphatic rings. The Balaban J connectivity index is 1.57. The topological polar surface area (TPSA) is 32.3 Å². The monoisotopic (exact) mass is 302 g/mol. The normalized spacial score (nSPS) is 22.0. The predicted molar refractivity (Wildman–Crippen MR) is 91.4 cm³/mol. The van der Waals surface area contributed by atoms with Gasteiger partial charge in [-0.15, -0.1) is 5.10 Å². The summed E-state index contributed by atoms with van der Waals surface area (Å²) in [6, 6.07) is 5.12. The Bertz CT molecular complexity index is 463. The van der Waals surface area contributed by atoms with Crippen molar-refractivity contribution in [2.75, 3.05) is 31.1 Å². The van der Waals surface area contributed by atoms with Crippen LogP contribution in [0.5, 0.6) is 0 Å². The van der Waals surface area contributed by atoms with Gasteiger partial charge in [0.05, 0.1) is 5.69 Å². The fraction of sp³-hybridized carbons (Fsp3) is 0.778. The summed E-state index contributed by atoms with van der Waals surface area (Å²) < 4.78 is 0. The maximum atomic E-state index is 4.46. The molecule has 0 unspecified atom stereocenters. The molecule has 3 rings (SSSR count). The highest BCUT2D eigenvalue weighted by molar-refractivity contribution is 5.38. The Morgan fingerprint density at radius 2 is 1.59 bits per heavy atom.